The standard InChI is InChI=1S/C11H11NO2/c12-10-6-8-4-2-1-3-7(8)5-9(10)11(13)14/h1-4,6,9H,5,12H2,(H,13,14). The molecule has 0 bridgehead atoms. The van der Waals surface area contributed by atoms with Crippen molar-refractivity contribution in [2.75, 3.05) is 0 Å². The van der Waals surface area contributed by atoms with Gasteiger partial charge >= 0.3 is 5.97 Å². The molecule has 0 saturated heterocycles. The fourth-order valence-electron chi connectivity index (χ4n) is 1.71. The number of carbonyl (C=O) groups is 1. The maximum Gasteiger partial charge on any atom is 0.312 e. The molecule has 1 aliphatic rings. The van der Waals surface area contributed by atoms with Crippen molar-refractivity contribution in [2.24, 2.45) is 11.7 Å². The molecule has 1 unspecified atom stereocenters. The van der Waals surface area contributed by atoms with Gasteiger partial charge in [0.2, 0.25) is 0 Å². The second-order valence-corrected chi connectivity index (χ2v) is 3.44. The Kier molecular flexibility index (Phi) is 2.00. The number of fused-ring (bicyclic) bond motifs is 1. The maximum absolute atomic E-state index is 10.9. The minimum Gasteiger partial charge on any atom is -0.481 e. The van der Waals surface area contributed by atoms with Crippen molar-refractivity contribution in [3.05, 3.63) is 41.1 Å². The minimum absolute atomic E-state index is 0.441. The lowest BCUT2D eigenvalue weighted by Crippen LogP contribution is -2.26. The molecule has 3 N–H and O–H groups in total. The molecule has 1 aromatic rings. The van der Waals surface area contributed by atoms with Gasteiger partial charge < -0.3 is 10.8 Å². The summed E-state index contributed by atoms with van der Waals surface area (Å²) in [7, 11) is 0. The zero-order chi connectivity index (χ0) is 10.1. The summed E-state index contributed by atoms with van der Waals surface area (Å²) in [4.78, 5) is 10.9. The Labute approximate surface area is 81.9 Å². The van der Waals surface area contributed by atoms with Crippen molar-refractivity contribution in [3.63, 3.8) is 0 Å². The monoisotopic (exact) mass is 189 g/mol. The van der Waals surface area contributed by atoms with E-state index in [2.05, 4.69) is 0 Å². The van der Waals surface area contributed by atoms with Crippen molar-refractivity contribution >= 4 is 12.0 Å². The molecule has 3 nitrogen and oxygen atoms in total. The molecule has 3 heteroatoms. The average molecular weight is 189 g/mol. The summed E-state index contributed by atoms with van der Waals surface area (Å²) in [5, 5.41) is 8.91. The van der Waals surface area contributed by atoms with Gasteiger partial charge in [-0.1, -0.05) is 24.3 Å². The summed E-state index contributed by atoms with van der Waals surface area (Å²) < 4.78 is 0. The molecule has 0 aliphatic heterocycles. The molecule has 0 amide bonds. The van der Waals surface area contributed by atoms with Crippen molar-refractivity contribution in [2.45, 2.75) is 6.42 Å². The summed E-state index contributed by atoms with van der Waals surface area (Å²) in [5.74, 6) is -1.42. The van der Waals surface area contributed by atoms with Gasteiger partial charge in [0.15, 0.2) is 0 Å². The Morgan fingerprint density at radius 1 is 1.43 bits per heavy atom. The van der Waals surface area contributed by atoms with Crippen LogP contribution in [0.3, 0.4) is 0 Å². The molecule has 72 valence electrons. The quantitative estimate of drug-likeness (QED) is 0.698. The van der Waals surface area contributed by atoms with Crippen molar-refractivity contribution < 1.29 is 9.90 Å². The Balaban J connectivity index is 2.43. The highest BCUT2D eigenvalue weighted by Crippen LogP contribution is 2.25. The summed E-state index contributed by atoms with van der Waals surface area (Å²) in [5.41, 5.74) is 8.20. The molecule has 1 aliphatic carbocycles. The number of hydrogen-bond donors (Lipinski definition) is 2. The molecular formula is C11H11NO2. The van der Waals surface area contributed by atoms with Crippen LogP contribution in [0.2, 0.25) is 0 Å². The van der Waals surface area contributed by atoms with Crippen molar-refractivity contribution in [3.8, 4) is 0 Å². The summed E-state index contributed by atoms with van der Waals surface area (Å²) in [6, 6.07) is 7.71. The molecule has 0 saturated carbocycles. The first-order valence-electron chi connectivity index (χ1n) is 4.46. The van der Waals surface area contributed by atoms with Crippen LogP contribution in [0.25, 0.3) is 6.08 Å². The molecule has 0 heterocycles. The normalized spacial score (nSPS) is 19.7. The third kappa shape index (κ3) is 1.37. The molecule has 1 aromatic carbocycles. The highest BCUT2D eigenvalue weighted by molar-refractivity contribution is 5.78. The van der Waals surface area contributed by atoms with Crippen LogP contribution >= 0.6 is 0 Å². The van der Waals surface area contributed by atoms with Gasteiger partial charge in [-0.2, -0.15) is 0 Å². The molecule has 0 aromatic heterocycles. The summed E-state index contributed by atoms with van der Waals surface area (Å²) in [6.07, 6.45) is 2.24. The van der Waals surface area contributed by atoms with Gasteiger partial charge in [-0.25, -0.2) is 0 Å². The molecule has 0 radical (unpaired) electrons. The third-order valence-corrected chi connectivity index (χ3v) is 2.50. The first-order chi connectivity index (χ1) is 6.68. The van der Waals surface area contributed by atoms with E-state index in [-0.39, 0.29) is 0 Å². The van der Waals surface area contributed by atoms with E-state index >= 15 is 0 Å². The number of aliphatic carboxylic acids is 1. The van der Waals surface area contributed by atoms with Gasteiger partial charge in [0.1, 0.15) is 5.92 Å². The number of nitrogens with two attached hydrogens (primary N) is 1. The third-order valence-electron chi connectivity index (χ3n) is 2.50. The van der Waals surface area contributed by atoms with E-state index in [9.17, 15) is 4.79 Å². The number of carboxylic acids is 1. The van der Waals surface area contributed by atoms with Crippen LogP contribution < -0.4 is 5.73 Å². The van der Waals surface area contributed by atoms with E-state index < -0.39 is 11.9 Å². The second-order valence-electron chi connectivity index (χ2n) is 3.44. The van der Waals surface area contributed by atoms with E-state index in [1.807, 2.05) is 24.3 Å². The van der Waals surface area contributed by atoms with E-state index in [1.165, 1.54) is 0 Å². The van der Waals surface area contributed by atoms with E-state index in [4.69, 9.17) is 10.8 Å². The van der Waals surface area contributed by atoms with E-state index in [1.54, 1.807) is 6.08 Å². The molecule has 2 rings (SSSR count). The Bertz CT molecular complexity index is 410. The van der Waals surface area contributed by atoms with E-state index in [0.29, 0.717) is 12.1 Å². The van der Waals surface area contributed by atoms with Crippen LogP contribution in [0.4, 0.5) is 0 Å². The van der Waals surface area contributed by atoms with Gasteiger partial charge in [-0.3, -0.25) is 4.79 Å². The highest BCUT2D eigenvalue weighted by atomic mass is 16.4. The van der Waals surface area contributed by atoms with Gasteiger partial charge in [-0.05, 0) is 23.6 Å². The lowest BCUT2D eigenvalue weighted by molar-refractivity contribution is -0.140. The fourth-order valence-corrected chi connectivity index (χ4v) is 1.71. The van der Waals surface area contributed by atoms with Crippen LogP contribution in [-0.4, -0.2) is 11.1 Å². The predicted molar refractivity (Wildman–Crippen MR) is 53.4 cm³/mol. The number of carboxylic acid groups (broad SMARTS) is 1. The number of benzene rings is 1. The second kappa shape index (κ2) is 3.18. The number of hydrogen-bond acceptors (Lipinski definition) is 2. The zero-order valence-corrected chi connectivity index (χ0v) is 7.60. The zero-order valence-electron chi connectivity index (χ0n) is 7.60. The topological polar surface area (TPSA) is 63.3 Å². The molecule has 1 atom stereocenters. The van der Waals surface area contributed by atoms with Crippen molar-refractivity contribution in [1.82, 2.24) is 0 Å². The molecule has 14 heavy (non-hydrogen) atoms. The van der Waals surface area contributed by atoms with Crippen molar-refractivity contribution in [1.29, 1.82) is 0 Å². The lowest BCUT2D eigenvalue weighted by atomic mass is 9.87. The van der Waals surface area contributed by atoms with E-state index in [0.717, 1.165) is 11.1 Å². The predicted octanol–water partition coefficient (Wildman–Crippen LogP) is 1.24. The van der Waals surface area contributed by atoms with Crippen LogP contribution in [-0.2, 0) is 11.2 Å². The largest absolute Gasteiger partial charge is 0.481 e. The Morgan fingerprint density at radius 2 is 2.14 bits per heavy atom. The SMILES string of the molecule is NC1=Cc2ccccc2CC1C(=O)O. The van der Waals surface area contributed by atoms with Crippen LogP contribution in [0, 0.1) is 5.92 Å². The summed E-state index contributed by atoms with van der Waals surface area (Å²) >= 11 is 0. The van der Waals surface area contributed by atoms with Crippen LogP contribution in [0.15, 0.2) is 30.0 Å². The van der Waals surface area contributed by atoms with Gasteiger partial charge in [0.25, 0.3) is 0 Å². The Hall–Kier alpha value is -1.77. The minimum atomic E-state index is -0.853. The number of rotatable bonds is 1. The Morgan fingerprint density at radius 3 is 2.86 bits per heavy atom. The van der Waals surface area contributed by atoms with Gasteiger partial charge in [0, 0.05) is 5.70 Å². The molecule has 0 fully saturated rings. The van der Waals surface area contributed by atoms with Crippen LogP contribution in [0.5, 0.6) is 0 Å². The first kappa shape index (κ1) is 8.81. The van der Waals surface area contributed by atoms with Gasteiger partial charge in [0.05, 0.1) is 0 Å². The van der Waals surface area contributed by atoms with Gasteiger partial charge in [-0.15, -0.1) is 0 Å². The fraction of sp³-hybridized carbons (Fsp3) is 0.182. The lowest BCUT2D eigenvalue weighted by Gasteiger charge is -2.19. The average Bonchev–Trinajstić information content (AvgIpc) is 2.16. The molecule has 0 spiro atoms. The smallest absolute Gasteiger partial charge is 0.312 e. The molecular weight excluding hydrogens is 178 g/mol. The summed E-state index contributed by atoms with van der Waals surface area (Å²) in [6.45, 7) is 0. The maximum atomic E-state index is 10.9. The highest BCUT2D eigenvalue weighted by Gasteiger charge is 2.25. The van der Waals surface area contributed by atoms with Crippen LogP contribution in [0.1, 0.15) is 11.1 Å². The first-order valence-corrected chi connectivity index (χ1v) is 4.46.